The van der Waals surface area contributed by atoms with Gasteiger partial charge in [0, 0.05) is 18.2 Å². The zero-order valence-electron chi connectivity index (χ0n) is 11.8. The van der Waals surface area contributed by atoms with Crippen LogP contribution in [0.4, 0.5) is 0 Å². The zero-order valence-corrected chi connectivity index (χ0v) is 14.2. The molecule has 0 unspecified atom stereocenters. The van der Waals surface area contributed by atoms with E-state index < -0.39 is 0 Å². The van der Waals surface area contributed by atoms with Gasteiger partial charge in [-0.2, -0.15) is 0 Å². The first kappa shape index (κ1) is 15.9. The lowest BCUT2D eigenvalue weighted by Crippen LogP contribution is -2.34. The van der Waals surface area contributed by atoms with E-state index in [9.17, 15) is 4.79 Å². The van der Waals surface area contributed by atoms with Crippen LogP contribution < -0.4 is 9.47 Å². The van der Waals surface area contributed by atoms with Crippen LogP contribution >= 0.6 is 35.6 Å². The molecule has 0 aromatic heterocycles. The Morgan fingerprint density at radius 3 is 2.91 bits per heavy atom. The molecule has 118 valence electrons. The van der Waals surface area contributed by atoms with Gasteiger partial charge in [-0.1, -0.05) is 35.6 Å². The molecule has 5 nitrogen and oxygen atoms in total. The molecule has 0 spiro atoms. The van der Waals surface area contributed by atoms with Gasteiger partial charge in [0.05, 0.1) is 18.4 Å². The van der Waals surface area contributed by atoms with Crippen molar-refractivity contribution in [3.8, 4) is 11.5 Å². The smallest absolute Gasteiger partial charge is 0.242 e. The fourth-order valence-corrected chi connectivity index (χ4v) is 4.13. The molecule has 8 heteroatoms. The van der Waals surface area contributed by atoms with Crippen molar-refractivity contribution in [3.05, 3.63) is 22.7 Å². The number of hydrogen-bond acceptors (Lipinski definition) is 6. The summed E-state index contributed by atoms with van der Waals surface area (Å²) in [5.74, 6) is 1.30. The van der Waals surface area contributed by atoms with Gasteiger partial charge in [0.2, 0.25) is 12.7 Å². The lowest BCUT2D eigenvalue weighted by atomic mass is 10.1. The number of halogens is 1. The van der Waals surface area contributed by atoms with Gasteiger partial charge in [0.25, 0.3) is 0 Å². The van der Waals surface area contributed by atoms with E-state index >= 15 is 0 Å². The van der Waals surface area contributed by atoms with Gasteiger partial charge in [-0.3, -0.25) is 9.69 Å². The molecule has 1 amide bonds. The van der Waals surface area contributed by atoms with Crippen molar-refractivity contribution < 1.29 is 19.0 Å². The normalized spacial score (nSPS) is 20.1. The van der Waals surface area contributed by atoms with Crippen LogP contribution in [0.1, 0.15) is 5.56 Å². The topological polar surface area (TPSA) is 48.0 Å². The van der Waals surface area contributed by atoms with Crippen molar-refractivity contribution in [3.63, 3.8) is 0 Å². The third-order valence-electron chi connectivity index (χ3n) is 3.47. The van der Waals surface area contributed by atoms with Gasteiger partial charge in [-0.05, 0) is 18.1 Å². The van der Waals surface area contributed by atoms with E-state index in [1.807, 2.05) is 6.07 Å². The molecule has 2 heterocycles. The third kappa shape index (κ3) is 3.03. The number of nitrogens with zero attached hydrogens (tertiary/aromatic N) is 1. The fraction of sp³-hybridized carbons (Fsp3) is 0.429. The van der Waals surface area contributed by atoms with E-state index in [-0.39, 0.29) is 18.0 Å². The second kappa shape index (κ2) is 6.62. The standard InChI is InChI=1S/C14H14ClNO4S2/c1-18-3-2-16-13(17)12(22-14(16)21)5-8-4-10-11(6-9(8)15)20-7-19-10/h4,6,12H,2-3,5,7H2,1H3/t12-/m0/s1. The molecule has 0 radical (unpaired) electrons. The van der Waals surface area contributed by atoms with Crippen LogP contribution in [-0.2, 0) is 16.0 Å². The predicted octanol–water partition coefficient (Wildman–Crippen LogP) is 2.49. The van der Waals surface area contributed by atoms with Gasteiger partial charge in [-0.25, -0.2) is 0 Å². The molecule has 1 aromatic carbocycles. The van der Waals surface area contributed by atoms with Crippen molar-refractivity contribution >= 4 is 45.8 Å². The molecule has 3 rings (SSSR count). The Kier molecular flexibility index (Phi) is 4.77. The summed E-state index contributed by atoms with van der Waals surface area (Å²) >= 11 is 12.9. The van der Waals surface area contributed by atoms with Crippen molar-refractivity contribution in [1.29, 1.82) is 0 Å². The molecule has 1 aromatic rings. The maximum Gasteiger partial charge on any atom is 0.242 e. The molecule has 0 saturated carbocycles. The van der Waals surface area contributed by atoms with E-state index in [2.05, 4.69) is 0 Å². The number of benzene rings is 1. The summed E-state index contributed by atoms with van der Waals surface area (Å²) < 4.78 is 16.2. The number of amides is 1. The Labute approximate surface area is 142 Å². The summed E-state index contributed by atoms with van der Waals surface area (Å²) in [5, 5.41) is 0.307. The Hall–Kier alpha value is -1.02. The van der Waals surface area contributed by atoms with Crippen LogP contribution in [-0.4, -0.2) is 47.4 Å². The summed E-state index contributed by atoms with van der Waals surface area (Å²) in [6.07, 6.45) is 0.503. The number of thiocarbonyl (C=S) groups is 1. The Bertz CT molecular complexity index is 625. The zero-order chi connectivity index (χ0) is 15.7. The molecular formula is C14H14ClNO4S2. The monoisotopic (exact) mass is 359 g/mol. The van der Waals surface area contributed by atoms with Gasteiger partial charge in [0.1, 0.15) is 4.32 Å². The van der Waals surface area contributed by atoms with Crippen molar-refractivity contribution in [2.24, 2.45) is 0 Å². The number of carbonyl (C=O) groups is 1. The number of methoxy groups -OCH3 is 1. The molecule has 2 aliphatic rings. The molecule has 1 atom stereocenters. The second-order valence-electron chi connectivity index (χ2n) is 4.86. The summed E-state index contributed by atoms with van der Waals surface area (Å²) in [4.78, 5) is 14.0. The average molecular weight is 360 g/mol. The number of rotatable bonds is 5. The number of hydrogen-bond donors (Lipinski definition) is 0. The van der Waals surface area contributed by atoms with Gasteiger partial charge >= 0.3 is 0 Å². The number of carbonyl (C=O) groups excluding carboxylic acids is 1. The molecule has 0 bridgehead atoms. The Balaban J connectivity index is 1.74. The average Bonchev–Trinajstić information content (AvgIpc) is 3.03. The highest BCUT2D eigenvalue weighted by Crippen LogP contribution is 2.39. The molecule has 22 heavy (non-hydrogen) atoms. The van der Waals surface area contributed by atoms with Crippen LogP contribution in [0.25, 0.3) is 0 Å². The lowest BCUT2D eigenvalue weighted by Gasteiger charge is -2.15. The molecular weight excluding hydrogens is 346 g/mol. The quantitative estimate of drug-likeness (QED) is 0.753. The third-order valence-corrected chi connectivity index (χ3v) is 5.41. The maximum absolute atomic E-state index is 12.4. The van der Waals surface area contributed by atoms with Gasteiger partial charge in [-0.15, -0.1) is 0 Å². The first-order chi connectivity index (χ1) is 10.6. The summed E-state index contributed by atoms with van der Waals surface area (Å²) in [6, 6.07) is 3.56. The molecule has 0 aliphatic carbocycles. The minimum absolute atomic E-state index is 0.000725. The highest BCUT2D eigenvalue weighted by Gasteiger charge is 2.37. The van der Waals surface area contributed by atoms with Crippen LogP contribution in [0, 0.1) is 0 Å². The fourth-order valence-electron chi connectivity index (χ4n) is 2.33. The molecule has 2 aliphatic heterocycles. The van der Waals surface area contributed by atoms with Crippen LogP contribution in [0.15, 0.2) is 12.1 Å². The van der Waals surface area contributed by atoms with Gasteiger partial charge in [0.15, 0.2) is 11.5 Å². The van der Waals surface area contributed by atoms with E-state index in [4.69, 9.17) is 38.0 Å². The SMILES string of the molecule is COCCN1C(=O)[C@H](Cc2cc3c(cc2Cl)OCO3)SC1=S. The highest BCUT2D eigenvalue weighted by molar-refractivity contribution is 8.24. The predicted molar refractivity (Wildman–Crippen MR) is 88.8 cm³/mol. The second-order valence-corrected chi connectivity index (χ2v) is 7.10. The Morgan fingerprint density at radius 1 is 1.45 bits per heavy atom. The minimum Gasteiger partial charge on any atom is -0.454 e. The molecule has 0 N–H and O–H groups in total. The van der Waals surface area contributed by atoms with E-state index in [0.717, 1.165) is 5.56 Å². The van der Waals surface area contributed by atoms with Crippen LogP contribution in [0.5, 0.6) is 11.5 Å². The first-order valence-corrected chi connectivity index (χ1v) is 8.35. The first-order valence-electron chi connectivity index (χ1n) is 6.69. The van der Waals surface area contributed by atoms with E-state index in [0.29, 0.717) is 40.4 Å². The molecule has 1 saturated heterocycles. The lowest BCUT2D eigenvalue weighted by molar-refractivity contribution is -0.126. The number of thioether (sulfide) groups is 1. The van der Waals surface area contributed by atoms with E-state index in [1.54, 1.807) is 18.1 Å². The highest BCUT2D eigenvalue weighted by atomic mass is 35.5. The minimum atomic E-state index is -0.262. The summed E-state index contributed by atoms with van der Waals surface area (Å²) in [5.41, 5.74) is 0.855. The Morgan fingerprint density at radius 2 is 2.18 bits per heavy atom. The molecule has 1 fully saturated rings. The number of fused-ring (bicyclic) bond motifs is 1. The van der Waals surface area contributed by atoms with Crippen LogP contribution in [0.2, 0.25) is 5.02 Å². The summed E-state index contributed by atoms with van der Waals surface area (Å²) in [6.45, 7) is 1.14. The van der Waals surface area contributed by atoms with Gasteiger partial charge < -0.3 is 14.2 Å². The summed E-state index contributed by atoms with van der Waals surface area (Å²) in [7, 11) is 1.60. The maximum atomic E-state index is 12.4. The number of ether oxygens (including phenoxy) is 3. The van der Waals surface area contributed by atoms with Crippen molar-refractivity contribution in [2.45, 2.75) is 11.7 Å². The largest absolute Gasteiger partial charge is 0.454 e. The van der Waals surface area contributed by atoms with E-state index in [1.165, 1.54) is 11.8 Å². The van der Waals surface area contributed by atoms with Crippen molar-refractivity contribution in [2.75, 3.05) is 27.1 Å². The van der Waals surface area contributed by atoms with Crippen molar-refractivity contribution in [1.82, 2.24) is 4.90 Å². The van der Waals surface area contributed by atoms with Crippen LogP contribution in [0.3, 0.4) is 0 Å².